The topological polar surface area (TPSA) is 94.3 Å². The predicted molar refractivity (Wildman–Crippen MR) is 130 cm³/mol. The lowest BCUT2D eigenvalue weighted by atomic mass is 9.82. The molecule has 1 aromatic heterocycles. The van der Waals surface area contributed by atoms with Gasteiger partial charge in [-0.05, 0) is 73.1 Å². The molecule has 0 atom stereocenters. The molecule has 34 heavy (non-hydrogen) atoms. The van der Waals surface area contributed by atoms with Crippen LogP contribution in [-0.4, -0.2) is 29.1 Å². The van der Waals surface area contributed by atoms with E-state index in [1.807, 2.05) is 48.5 Å². The van der Waals surface area contributed by atoms with E-state index in [-0.39, 0.29) is 29.1 Å². The number of anilines is 1. The number of rotatable bonds is 5. The SMILES string of the molecule is COC(=O)C1CCC(c2nc(-c3ccc(NC(=O)c4ccc(C(C)(C)C)cc4)cc3)no2)CC1. The summed E-state index contributed by atoms with van der Waals surface area (Å²) in [6, 6.07) is 15.1. The van der Waals surface area contributed by atoms with Crippen LogP contribution in [0.3, 0.4) is 0 Å². The largest absolute Gasteiger partial charge is 0.469 e. The smallest absolute Gasteiger partial charge is 0.308 e. The van der Waals surface area contributed by atoms with E-state index in [0.29, 0.717) is 23.0 Å². The number of ether oxygens (including phenoxy) is 1. The van der Waals surface area contributed by atoms with E-state index in [0.717, 1.165) is 31.2 Å². The van der Waals surface area contributed by atoms with Crippen LogP contribution in [0.25, 0.3) is 11.4 Å². The van der Waals surface area contributed by atoms with Crippen LogP contribution in [0.2, 0.25) is 0 Å². The molecule has 3 aromatic rings. The van der Waals surface area contributed by atoms with Gasteiger partial charge in [-0.25, -0.2) is 0 Å². The Bertz CT molecular complexity index is 1140. The van der Waals surface area contributed by atoms with Crippen molar-refractivity contribution >= 4 is 17.6 Å². The van der Waals surface area contributed by atoms with E-state index < -0.39 is 0 Å². The summed E-state index contributed by atoms with van der Waals surface area (Å²) in [5.41, 5.74) is 3.35. The average molecular weight is 462 g/mol. The second-order valence-electron chi connectivity index (χ2n) is 9.89. The number of hydrogen-bond donors (Lipinski definition) is 1. The van der Waals surface area contributed by atoms with Crippen molar-refractivity contribution in [1.29, 1.82) is 0 Å². The predicted octanol–water partition coefficient (Wildman–Crippen LogP) is 5.73. The molecule has 1 amide bonds. The van der Waals surface area contributed by atoms with Gasteiger partial charge in [0.2, 0.25) is 11.7 Å². The Kier molecular flexibility index (Phi) is 6.82. The molecule has 0 radical (unpaired) electrons. The lowest BCUT2D eigenvalue weighted by Gasteiger charge is -2.24. The van der Waals surface area contributed by atoms with Crippen molar-refractivity contribution in [3.8, 4) is 11.4 Å². The van der Waals surface area contributed by atoms with Crippen molar-refractivity contribution in [2.24, 2.45) is 5.92 Å². The first-order valence-electron chi connectivity index (χ1n) is 11.7. The highest BCUT2D eigenvalue weighted by molar-refractivity contribution is 6.04. The summed E-state index contributed by atoms with van der Waals surface area (Å²) in [5.74, 6) is 0.944. The number of aromatic nitrogens is 2. The molecule has 0 bridgehead atoms. The van der Waals surface area contributed by atoms with E-state index >= 15 is 0 Å². The van der Waals surface area contributed by atoms with Crippen molar-refractivity contribution in [2.75, 3.05) is 12.4 Å². The standard InChI is InChI=1S/C27H31N3O4/c1-27(2,3)21-13-9-18(10-14-21)24(31)28-22-15-11-17(12-16-22)23-29-25(34-30-23)19-5-7-20(8-6-19)26(32)33-4/h9-16,19-20H,5-8H2,1-4H3,(H,28,31). The lowest BCUT2D eigenvalue weighted by Crippen LogP contribution is -2.22. The normalized spacial score (nSPS) is 18.4. The Morgan fingerprint density at radius 1 is 0.971 bits per heavy atom. The monoisotopic (exact) mass is 461 g/mol. The summed E-state index contributed by atoms with van der Waals surface area (Å²) in [6.07, 6.45) is 3.18. The highest BCUT2D eigenvalue weighted by Crippen LogP contribution is 2.36. The highest BCUT2D eigenvalue weighted by atomic mass is 16.5. The van der Waals surface area contributed by atoms with Gasteiger partial charge in [-0.1, -0.05) is 38.1 Å². The summed E-state index contributed by atoms with van der Waals surface area (Å²) in [7, 11) is 1.43. The Morgan fingerprint density at radius 3 is 2.21 bits per heavy atom. The summed E-state index contributed by atoms with van der Waals surface area (Å²) in [5, 5.41) is 7.06. The van der Waals surface area contributed by atoms with Gasteiger partial charge in [0, 0.05) is 22.7 Å². The summed E-state index contributed by atoms with van der Waals surface area (Å²) in [6.45, 7) is 6.43. The van der Waals surface area contributed by atoms with Crippen LogP contribution in [0.15, 0.2) is 53.1 Å². The number of hydrogen-bond acceptors (Lipinski definition) is 6. The van der Waals surface area contributed by atoms with E-state index in [2.05, 4.69) is 36.2 Å². The maximum atomic E-state index is 12.6. The van der Waals surface area contributed by atoms with Crippen LogP contribution < -0.4 is 5.32 Å². The molecule has 0 saturated heterocycles. The molecule has 2 aromatic carbocycles. The fourth-order valence-corrected chi connectivity index (χ4v) is 4.29. The first-order chi connectivity index (χ1) is 16.2. The van der Waals surface area contributed by atoms with Gasteiger partial charge < -0.3 is 14.6 Å². The second kappa shape index (κ2) is 9.79. The Labute approximate surface area is 199 Å². The molecule has 178 valence electrons. The highest BCUT2D eigenvalue weighted by Gasteiger charge is 2.30. The fraction of sp³-hybridized carbons (Fsp3) is 0.407. The summed E-state index contributed by atoms with van der Waals surface area (Å²) < 4.78 is 10.4. The zero-order valence-corrected chi connectivity index (χ0v) is 20.1. The van der Waals surface area contributed by atoms with Crippen molar-refractivity contribution in [3.63, 3.8) is 0 Å². The molecule has 4 rings (SSSR count). The molecule has 0 spiro atoms. The third-order valence-corrected chi connectivity index (χ3v) is 6.47. The van der Waals surface area contributed by atoms with Crippen LogP contribution in [0, 0.1) is 5.92 Å². The number of benzene rings is 2. The fourth-order valence-electron chi connectivity index (χ4n) is 4.29. The average Bonchev–Trinajstić information content (AvgIpc) is 3.34. The molecule has 7 nitrogen and oxygen atoms in total. The van der Waals surface area contributed by atoms with Crippen molar-refractivity contribution in [2.45, 2.75) is 57.8 Å². The van der Waals surface area contributed by atoms with E-state index in [1.165, 1.54) is 12.7 Å². The van der Waals surface area contributed by atoms with Gasteiger partial charge in [-0.3, -0.25) is 9.59 Å². The number of carbonyl (C=O) groups is 2. The minimum Gasteiger partial charge on any atom is -0.469 e. The van der Waals surface area contributed by atoms with Crippen LogP contribution >= 0.6 is 0 Å². The van der Waals surface area contributed by atoms with Crippen molar-refractivity contribution in [1.82, 2.24) is 10.1 Å². The van der Waals surface area contributed by atoms with Gasteiger partial charge >= 0.3 is 5.97 Å². The van der Waals surface area contributed by atoms with Crippen molar-refractivity contribution in [3.05, 3.63) is 65.5 Å². The number of esters is 1. The van der Waals surface area contributed by atoms with Gasteiger partial charge in [-0.2, -0.15) is 4.98 Å². The van der Waals surface area contributed by atoms with Crippen LogP contribution in [0.4, 0.5) is 5.69 Å². The summed E-state index contributed by atoms with van der Waals surface area (Å²) >= 11 is 0. The number of nitrogens with zero attached hydrogens (tertiary/aromatic N) is 2. The zero-order chi connectivity index (χ0) is 24.3. The van der Waals surface area contributed by atoms with Gasteiger partial charge in [0.1, 0.15) is 0 Å². The van der Waals surface area contributed by atoms with E-state index in [4.69, 9.17) is 9.26 Å². The molecule has 0 aliphatic heterocycles. The van der Waals surface area contributed by atoms with E-state index in [9.17, 15) is 9.59 Å². The van der Waals surface area contributed by atoms with Crippen LogP contribution in [-0.2, 0) is 14.9 Å². The van der Waals surface area contributed by atoms with Gasteiger partial charge in [-0.15, -0.1) is 0 Å². The zero-order valence-electron chi connectivity index (χ0n) is 20.1. The number of methoxy groups -OCH3 is 1. The minimum absolute atomic E-state index is 0.0391. The molecular weight excluding hydrogens is 430 g/mol. The first-order valence-corrected chi connectivity index (χ1v) is 11.7. The van der Waals surface area contributed by atoms with Gasteiger partial charge in [0.05, 0.1) is 13.0 Å². The molecule has 1 fully saturated rings. The van der Waals surface area contributed by atoms with Crippen LogP contribution in [0.1, 0.15) is 74.2 Å². The number of carbonyl (C=O) groups excluding carboxylic acids is 2. The number of nitrogens with one attached hydrogen (secondary N) is 1. The molecule has 0 unspecified atom stereocenters. The Hall–Kier alpha value is -3.48. The second-order valence-corrected chi connectivity index (χ2v) is 9.89. The molecule has 1 aliphatic carbocycles. The minimum atomic E-state index is -0.155. The molecule has 1 N–H and O–H groups in total. The van der Waals surface area contributed by atoms with Crippen molar-refractivity contribution < 1.29 is 18.8 Å². The quantitative estimate of drug-likeness (QED) is 0.488. The number of amides is 1. The van der Waals surface area contributed by atoms with E-state index in [1.54, 1.807) is 0 Å². The molecule has 1 aliphatic rings. The first kappa shape index (κ1) is 23.7. The summed E-state index contributed by atoms with van der Waals surface area (Å²) in [4.78, 5) is 28.9. The Morgan fingerprint density at radius 2 is 1.62 bits per heavy atom. The lowest BCUT2D eigenvalue weighted by molar-refractivity contribution is -0.146. The third kappa shape index (κ3) is 5.35. The molecule has 1 saturated carbocycles. The van der Waals surface area contributed by atoms with Gasteiger partial charge in [0.15, 0.2) is 0 Å². The molecule has 1 heterocycles. The Balaban J connectivity index is 1.36. The molecular formula is C27H31N3O4. The van der Waals surface area contributed by atoms with Gasteiger partial charge in [0.25, 0.3) is 5.91 Å². The third-order valence-electron chi connectivity index (χ3n) is 6.47. The molecule has 7 heteroatoms. The maximum absolute atomic E-state index is 12.6. The van der Waals surface area contributed by atoms with Crippen LogP contribution in [0.5, 0.6) is 0 Å². The maximum Gasteiger partial charge on any atom is 0.308 e.